The molecule has 0 saturated carbocycles. The molecule has 0 aliphatic rings. The van der Waals surface area contributed by atoms with E-state index in [0.717, 1.165) is 5.56 Å². The van der Waals surface area contributed by atoms with Crippen molar-refractivity contribution in [2.75, 3.05) is 11.6 Å². The van der Waals surface area contributed by atoms with Crippen molar-refractivity contribution >= 4 is 29.2 Å². The van der Waals surface area contributed by atoms with Crippen molar-refractivity contribution in [2.45, 2.75) is 11.9 Å². The van der Waals surface area contributed by atoms with Crippen LogP contribution in [0.2, 0.25) is 0 Å². The number of nitrogens with one attached hydrogen (secondary N) is 1. The first-order chi connectivity index (χ1) is 10.1. The maximum atomic E-state index is 11.0. The fraction of sp³-hybridized carbons (Fsp3) is 0.143. The van der Waals surface area contributed by atoms with E-state index < -0.39 is 5.97 Å². The molecule has 7 heteroatoms. The van der Waals surface area contributed by atoms with Gasteiger partial charge < -0.3 is 10.4 Å². The van der Waals surface area contributed by atoms with Gasteiger partial charge in [0.2, 0.25) is 0 Å². The van der Waals surface area contributed by atoms with Crippen LogP contribution >= 0.6 is 11.8 Å². The lowest BCUT2D eigenvalue weighted by Gasteiger charge is -2.11. The topological polar surface area (TPSA) is 98.9 Å². The molecule has 0 saturated heterocycles. The molecule has 106 valence electrons. The molecular weight excluding hydrogens is 288 g/mol. The molecule has 0 spiro atoms. The molecule has 1 aromatic heterocycles. The number of nitriles is 1. The average Bonchev–Trinajstić information content (AvgIpc) is 2.48. The van der Waals surface area contributed by atoms with Crippen molar-refractivity contribution < 1.29 is 9.90 Å². The Hall–Kier alpha value is -2.59. The van der Waals surface area contributed by atoms with Crippen LogP contribution in [0.4, 0.5) is 11.5 Å². The molecule has 1 aromatic carbocycles. The summed E-state index contributed by atoms with van der Waals surface area (Å²) >= 11 is 1.35. The molecule has 0 bridgehead atoms. The van der Waals surface area contributed by atoms with Crippen molar-refractivity contribution in [3.05, 3.63) is 41.2 Å². The third-order valence-corrected chi connectivity index (χ3v) is 3.55. The van der Waals surface area contributed by atoms with Crippen LogP contribution in [0.5, 0.6) is 0 Å². The maximum Gasteiger partial charge on any atom is 0.335 e. The van der Waals surface area contributed by atoms with E-state index in [-0.39, 0.29) is 5.56 Å². The van der Waals surface area contributed by atoms with E-state index >= 15 is 0 Å². The molecule has 6 nitrogen and oxygen atoms in total. The molecule has 0 aliphatic carbocycles. The molecule has 21 heavy (non-hydrogen) atoms. The number of aromatic carboxylic acids is 1. The van der Waals surface area contributed by atoms with Crippen LogP contribution in [0.3, 0.4) is 0 Å². The second-order valence-corrected chi connectivity index (χ2v) is 4.97. The van der Waals surface area contributed by atoms with Gasteiger partial charge in [0.15, 0.2) is 5.82 Å². The highest BCUT2D eigenvalue weighted by Crippen LogP contribution is 2.26. The first-order valence-corrected chi connectivity index (χ1v) is 7.19. The third-order valence-electron chi connectivity index (χ3n) is 2.86. The lowest BCUT2D eigenvalue weighted by Crippen LogP contribution is -2.03. The number of nitrogens with zero attached hydrogens (tertiary/aromatic N) is 3. The summed E-state index contributed by atoms with van der Waals surface area (Å²) in [6.45, 7) is 1.84. The minimum absolute atomic E-state index is 0.167. The van der Waals surface area contributed by atoms with E-state index in [2.05, 4.69) is 21.4 Å². The highest BCUT2D eigenvalue weighted by Gasteiger charge is 2.12. The van der Waals surface area contributed by atoms with E-state index in [4.69, 9.17) is 5.11 Å². The van der Waals surface area contributed by atoms with Crippen LogP contribution in [0.25, 0.3) is 0 Å². The van der Waals surface area contributed by atoms with Crippen LogP contribution < -0.4 is 5.32 Å². The molecule has 0 amide bonds. The standard InChI is InChI=1S/C14H12N4O2S/c1-8-3-4-9(14(19)20)5-11(8)18-12-10(6-15)13(21-2)17-7-16-12/h3-5,7H,1-2H3,(H,19,20)(H,16,17,18). The summed E-state index contributed by atoms with van der Waals surface area (Å²) in [5.41, 5.74) is 1.95. The minimum atomic E-state index is -1.01. The van der Waals surface area contributed by atoms with Gasteiger partial charge in [0.05, 0.1) is 5.56 Å². The van der Waals surface area contributed by atoms with Gasteiger partial charge in [-0.3, -0.25) is 0 Å². The first-order valence-electron chi connectivity index (χ1n) is 5.97. The number of anilines is 2. The summed E-state index contributed by atoms with van der Waals surface area (Å²) in [4.78, 5) is 19.1. The number of carboxylic acids is 1. The molecule has 0 atom stereocenters. The van der Waals surface area contributed by atoms with Crippen LogP contribution in [-0.2, 0) is 0 Å². The minimum Gasteiger partial charge on any atom is -0.478 e. The van der Waals surface area contributed by atoms with Crippen LogP contribution in [-0.4, -0.2) is 27.3 Å². The summed E-state index contributed by atoms with van der Waals surface area (Å²) in [5, 5.41) is 21.9. The van der Waals surface area contributed by atoms with Crippen molar-refractivity contribution in [3.8, 4) is 6.07 Å². The van der Waals surface area contributed by atoms with Crippen LogP contribution in [0.1, 0.15) is 21.5 Å². The van der Waals surface area contributed by atoms with Crippen molar-refractivity contribution in [1.29, 1.82) is 5.26 Å². The Labute approximate surface area is 125 Å². The Morgan fingerprint density at radius 2 is 2.19 bits per heavy atom. The lowest BCUT2D eigenvalue weighted by atomic mass is 10.1. The third kappa shape index (κ3) is 3.12. The highest BCUT2D eigenvalue weighted by atomic mass is 32.2. The number of hydrogen-bond donors (Lipinski definition) is 2. The molecule has 0 unspecified atom stereocenters. The summed E-state index contributed by atoms with van der Waals surface area (Å²) < 4.78 is 0. The molecule has 0 fully saturated rings. The fourth-order valence-electron chi connectivity index (χ4n) is 1.74. The van der Waals surface area contributed by atoms with Gasteiger partial charge in [-0.2, -0.15) is 5.26 Å². The fourth-order valence-corrected chi connectivity index (χ4v) is 2.24. The Balaban J connectivity index is 2.46. The monoisotopic (exact) mass is 300 g/mol. The molecule has 2 aromatic rings. The van der Waals surface area contributed by atoms with E-state index in [9.17, 15) is 10.1 Å². The zero-order valence-electron chi connectivity index (χ0n) is 11.4. The highest BCUT2D eigenvalue weighted by molar-refractivity contribution is 7.98. The van der Waals surface area contributed by atoms with Gasteiger partial charge in [0.1, 0.15) is 23.0 Å². The Bertz CT molecular complexity index is 740. The number of aromatic nitrogens is 2. The van der Waals surface area contributed by atoms with E-state index in [1.165, 1.54) is 30.2 Å². The number of carboxylic acid groups (broad SMARTS) is 1. The SMILES string of the molecule is CSc1ncnc(Nc2cc(C(=O)O)ccc2C)c1C#N. The summed E-state index contributed by atoms with van der Waals surface area (Å²) in [6, 6.07) is 6.81. The Morgan fingerprint density at radius 1 is 1.43 bits per heavy atom. The zero-order valence-corrected chi connectivity index (χ0v) is 12.2. The molecule has 0 aliphatic heterocycles. The second-order valence-electron chi connectivity index (χ2n) is 4.18. The summed E-state index contributed by atoms with van der Waals surface area (Å²) in [6.07, 6.45) is 3.19. The predicted molar refractivity (Wildman–Crippen MR) is 79.9 cm³/mol. The van der Waals surface area contributed by atoms with Gasteiger partial charge in [0, 0.05) is 5.69 Å². The normalized spacial score (nSPS) is 9.95. The molecule has 2 N–H and O–H groups in total. The molecular formula is C14H12N4O2S. The van der Waals surface area contributed by atoms with Crippen molar-refractivity contribution in [2.24, 2.45) is 0 Å². The van der Waals surface area contributed by atoms with Gasteiger partial charge in [-0.15, -0.1) is 11.8 Å². The maximum absolute atomic E-state index is 11.0. The number of hydrogen-bond acceptors (Lipinski definition) is 6. The summed E-state index contributed by atoms with van der Waals surface area (Å²) in [7, 11) is 0. The molecule has 0 radical (unpaired) electrons. The number of carbonyl (C=O) groups is 1. The van der Waals surface area contributed by atoms with Gasteiger partial charge in [-0.05, 0) is 30.9 Å². The van der Waals surface area contributed by atoms with Crippen molar-refractivity contribution in [3.63, 3.8) is 0 Å². The second kappa shape index (κ2) is 6.24. The van der Waals surface area contributed by atoms with E-state index in [0.29, 0.717) is 22.1 Å². The van der Waals surface area contributed by atoms with Crippen LogP contribution in [0.15, 0.2) is 29.6 Å². The number of aryl methyl sites for hydroxylation is 1. The lowest BCUT2D eigenvalue weighted by molar-refractivity contribution is 0.0697. The molecule has 1 heterocycles. The van der Waals surface area contributed by atoms with Crippen molar-refractivity contribution in [1.82, 2.24) is 9.97 Å². The quantitative estimate of drug-likeness (QED) is 0.661. The Morgan fingerprint density at radius 3 is 2.81 bits per heavy atom. The Kier molecular flexibility index (Phi) is 4.40. The predicted octanol–water partition coefficient (Wildman–Crippen LogP) is 2.82. The number of rotatable bonds is 4. The van der Waals surface area contributed by atoms with Gasteiger partial charge in [-0.25, -0.2) is 14.8 Å². The molecule has 2 rings (SSSR count). The number of benzene rings is 1. The largest absolute Gasteiger partial charge is 0.478 e. The summed E-state index contributed by atoms with van der Waals surface area (Å²) in [5.74, 6) is -0.645. The van der Waals surface area contributed by atoms with Gasteiger partial charge >= 0.3 is 5.97 Å². The van der Waals surface area contributed by atoms with Gasteiger partial charge in [0.25, 0.3) is 0 Å². The number of thioether (sulfide) groups is 1. The van der Waals surface area contributed by atoms with E-state index in [1.807, 2.05) is 13.2 Å². The van der Waals surface area contributed by atoms with Gasteiger partial charge in [-0.1, -0.05) is 6.07 Å². The first kappa shape index (κ1) is 14.8. The smallest absolute Gasteiger partial charge is 0.335 e. The zero-order chi connectivity index (χ0) is 15.4. The van der Waals surface area contributed by atoms with Crippen LogP contribution in [0, 0.1) is 18.3 Å². The van der Waals surface area contributed by atoms with E-state index in [1.54, 1.807) is 6.07 Å². The average molecular weight is 300 g/mol.